The maximum Gasteiger partial charge on any atom is 0.166 e. The standard InChI is InChI=1S/C24H25NO4/c1-2-26-22-10-6-9-19(24(22)29-17-18-7-4-3-5-8-18)16-25-20-11-12-21-23(15-20)28-14-13-27-21/h3-12,15,25H,2,13-14,16-17H2,1H3. The average Bonchev–Trinajstić information content (AvgIpc) is 2.78. The zero-order valence-electron chi connectivity index (χ0n) is 16.5. The lowest BCUT2D eigenvalue weighted by atomic mass is 10.1. The Labute approximate surface area is 171 Å². The van der Waals surface area contributed by atoms with Gasteiger partial charge >= 0.3 is 0 Å². The fourth-order valence-electron chi connectivity index (χ4n) is 3.21. The lowest BCUT2D eigenvalue weighted by molar-refractivity contribution is 0.171. The number of hydrogen-bond acceptors (Lipinski definition) is 5. The van der Waals surface area contributed by atoms with Crippen LogP contribution < -0.4 is 24.3 Å². The van der Waals surface area contributed by atoms with Crippen molar-refractivity contribution in [3.8, 4) is 23.0 Å². The van der Waals surface area contributed by atoms with E-state index in [-0.39, 0.29) is 0 Å². The van der Waals surface area contributed by atoms with Crippen LogP contribution in [0.2, 0.25) is 0 Å². The molecule has 0 aliphatic carbocycles. The van der Waals surface area contributed by atoms with Gasteiger partial charge in [-0.15, -0.1) is 0 Å². The van der Waals surface area contributed by atoms with Crippen molar-refractivity contribution in [1.29, 1.82) is 0 Å². The van der Waals surface area contributed by atoms with Crippen LogP contribution in [0.1, 0.15) is 18.1 Å². The monoisotopic (exact) mass is 391 g/mol. The Morgan fingerprint density at radius 1 is 0.862 bits per heavy atom. The van der Waals surface area contributed by atoms with Gasteiger partial charge in [-0.3, -0.25) is 0 Å². The second-order valence-corrected chi connectivity index (χ2v) is 6.66. The molecule has 29 heavy (non-hydrogen) atoms. The maximum absolute atomic E-state index is 6.18. The van der Waals surface area contributed by atoms with E-state index in [4.69, 9.17) is 18.9 Å². The van der Waals surface area contributed by atoms with Gasteiger partial charge in [-0.25, -0.2) is 0 Å². The molecule has 3 aromatic rings. The summed E-state index contributed by atoms with van der Waals surface area (Å²) in [6.45, 7) is 4.81. The van der Waals surface area contributed by atoms with Crippen molar-refractivity contribution in [2.75, 3.05) is 25.1 Å². The Kier molecular flexibility index (Phi) is 6.05. The molecule has 1 N–H and O–H groups in total. The molecule has 150 valence electrons. The molecule has 1 heterocycles. The van der Waals surface area contributed by atoms with Gasteiger partial charge in [0, 0.05) is 23.9 Å². The summed E-state index contributed by atoms with van der Waals surface area (Å²) in [5.74, 6) is 3.07. The summed E-state index contributed by atoms with van der Waals surface area (Å²) in [5, 5.41) is 3.45. The molecule has 0 bridgehead atoms. The van der Waals surface area contributed by atoms with E-state index in [9.17, 15) is 0 Å². The van der Waals surface area contributed by atoms with Gasteiger partial charge in [-0.1, -0.05) is 42.5 Å². The normalized spacial score (nSPS) is 12.3. The second kappa shape index (κ2) is 9.24. The second-order valence-electron chi connectivity index (χ2n) is 6.66. The van der Waals surface area contributed by atoms with Crippen LogP contribution in [0.5, 0.6) is 23.0 Å². The Morgan fingerprint density at radius 3 is 2.52 bits per heavy atom. The van der Waals surface area contributed by atoms with Crippen LogP contribution in [-0.4, -0.2) is 19.8 Å². The molecular formula is C24H25NO4. The average molecular weight is 391 g/mol. The number of rotatable bonds is 8. The summed E-state index contributed by atoms with van der Waals surface area (Å²) in [4.78, 5) is 0. The Morgan fingerprint density at radius 2 is 1.69 bits per heavy atom. The molecule has 0 saturated carbocycles. The molecule has 0 atom stereocenters. The van der Waals surface area contributed by atoms with Crippen LogP contribution in [0.25, 0.3) is 0 Å². The minimum Gasteiger partial charge on any atom is -0.490 e. The van der Waals surface area contributed by atoms with E-state index in [2.05, 4.69) is 17.4 Å². The number of nitrogens with one attached hydrogen (secondary N) is 1. The zero-order valence-corrected chi connectivity index (χ0v) is 16.5. The molecule has 1 aliphatic rings. The van der Waals surface area contributed by atoms with Gasteiger partial charge in [0.15, 0.2) is 23.0 Å². The number of anilines is 1. The molecule has 0 radical (unpaired) electrons. The predicted octanol–water partition coefficient (Wildman–Crippen LogP) is 5.05. The largest absolute Gasteiger partial charge is 0.490 e. The number of ether oxygens (including phenoxy) is 4. The summed E-state index contributed by atoms with van der Waals surface area (Å²) in [7, 11) is 0. The SMILES string of the molecule is CCOc1cccc(CNc2ccc3c(c2)OCCO3)c1OCc1ccccc1. The molecule has 5 heteroatoms. The van der Waals surface area contributed by atoms with E-state index < -0.39 is 0 Å². The molecule has 0 saturated heterocycles. The van der Waals surface area contributed by atoms with Crippen molar-refractivity contribution in [3.63, 3.8) is 0 Å². The number of fused-ring (bicyclic) bond motifs is 1. The highest BCUT2D eigenvalue weighted by atomic mass is 16.6. The van der Waals surface area contributed by atoms with Crippen molar-refractivity contribution in [2.45, 2.75) is 20.1 Å². The smallest absolute Gasteiger partial charge is 0.166 e. The molecule has 4 rings (SSSR count). The topological polar surface area (TPSA) is 49.0 Å². The van der Waals surface area contributed by atoms with Gasteiger partial charge in [0.25, 0.3) is 0 Å². The third-order valence-electron chi connectivity index (χ3n) is 4.61. The first kappa shape index (κ1) is 19.0. The summed E-state index contributed by atoms with van der Waals surface area (Å²) < 4.78 is 23.2. The van der Waals surface area contributed by atoms with Crippen LogP contribution in [0.15, 0.2) is 66.7 Å². The van der Waals surface area contributed by atoms with Crippen molar-refractivity contribution in [1.82, 2.24) is 0 Å². The predicted molar refractivity (Wildman–Crippen MR) is 113 cm³/mol. The Hall–Kier alpha value is -3.34. The van der Waals surface area contributed by atoms with Gasteiger partial charge in [0.05, 0.1) is 6.61 Å². The Bertz CT molecular complexity index is 943. The minimum atomic E-state index is 0.488. The lowest BCUT2D eigenvalue weighted by Crippen LogP contribution is -2.15. The van der Waals surface area contributed by atoms with Crippen molar-refractivity contribution < 1.29 is 18.9 Å². The fraction of sp³-hybridized carbons (Fsp3) is 0.250. The van der Waals surface area contributed by atoms with E-state index in [0.717, 1.165) is 39.8 Å². The summed E-state index contributed by atoms with van der Waals surface area (Å²) >= 11 is 0. The first-order valence-electron chi connectivity index (χ1n) is 9.88. The Balaban J connectivity index is 1.50. The molecular weight excluding hydrogens is 366 g/mol. The maximum atomic E-state index is 6.18. The number of benzene rings is 3. The van der Waals surface area contributed by atoms with Crippen molar-refractivity contribution >= 4 is 5.69 Å². The highest BCUT2D eigenvalue weighted by Gasteiger charge is 2.14. The molecule has 0 amide bonds. The first-order valence-corrected chi connectivity index (χ1v) is 9.88. The van der Waals surface area contributed by atoms with Crippen LogP contribution in [0.3, 0.4) is 0 Å². The third-order valence-corrected chi connectivity index (χ3v) is 4.61. The van der Waals surface area contributed by atoms with Crippen LogP contribution >= 0.6 is 0 Å². The zero-order chi connectivity index (χ0) is 19.9. The fourth-order valence-corrected chi connectivity index (χ4v) is 3.21. The molecule has 0 aromatic heterocycles. The molecule has 5 nitrogen and oxygen atoms in total. The number of para-hydroxylation sites is 1. The molecule has 1 aliphatic heterocycles. The van der Waals surface area contributed by atoms with Crippen LogP contribution in [0.4, 0.5) is 5.69 Å². The van der Waals surface area contributed by atoms with Gasteiger partial charge < -0.3 is 24.3 Å². The molecule has 0 fully saturated rings. The van der Waals surface area contributed by atoms with Crippen molar-refractivity contribution in [3.05, 3.63) is 77.9 Å². The lowest BCUT2D eigenvalue weighted by Gasteiger charge is -2.20. The number of hydrogen-bond donors (Lipinski definition) is 1. The summed E-state index contributed by atoms with van der Waals surface area (Å²) in [5.41, 5.74) is 3.11. The van der Waals surface area contributed by atoms with Gasteiger partial charge in [0.2, 0.25) is 0 Å². The molecule has 0 unspecified atom stereocenters. The first-order chi connectivity index (χ1) is 14.3. The quantitative estimate of drug-likeness (QED) is 0.582. The van der Waals surface area contributed by atoms with E-state index >= 15 is 0 Å². The highest BCUT2D eigenvalue weighted by Crippen LogP contribution is 2.35. The van der Waals surface area contributed by atoms with Crippen LogP contribution in [-0.2, 0) is 13.2 Å². The van der Waals surface area contributed by atoms with E-state index in [1.807, 2.05) is 61.5 Å². The van der Waals surface area contributed by atoms with E-state index in [1.165, 1.54) is 0 Å². The molecule has 3 aromatic carbocycles. The summed E-state index contributed by atoms with van der Waals surface area (Å²) in [6, 6.07) is 22.0. The minimum absolute atomic E-state index is 0.488. The van der Waals surface area contributed by atoms with Gasteiger partial charge in [-0.05, 0) is 30.7 Å². The highest BCUT2D eigenvalue weighted by molar-refractivity contribution is 5.56. The van der Waals surface area contributed by atoms with Crippen LogP contribution in [0, 0.1) is 0 Å². The van der Waals surface area contributed by atoms with E-state index in [0.29, 0.717) is 33.0 Å². The van der Waals surface area contributed by atoms with E-state index in [1.54, 1.807) is 0 Å². The summed E-state index contributed by atoms with van der Waals surface area (Å²) in [6.07, 6.45) is 0. The molecule has 0 spiro atoms. The van der Waals surface area contributed by atoms with Gasteiger partial charge in [-0.2, -0.15) is 0 Å². The third kappa shape index (κ3) is 4.74. The van der Waals surface area contributed by atoms with Crippen molar-refractivity contribution in [2.24, 2.45) is 0 Å². The van der Waals surface area contributed by atoms with Gasteiger partial charge in [0.1, 0.15) is 19.8 Å².